The summed E-state index contributed by atoms with van der Waals surface area (Å²) in [5, 5.41) is 0. The fourth-order valence-electron chi connectivity index (χ4n) is 6.21. The Morgan fingerprint density at radius 1 is 1.04 bits per heavy atom. The summed E-state index contributed by atoms with van der Waals surface area (Å²) in [6.45, 7) is 0. The highest BCUT2D eigenvalue weighted by molar-refractivity contribution is 6.22. The average molecular weight is 375 g/mol. The van der Waals surface area contributed by atoms with Gasteiger partial charge in [-0.05, 0) is 72.2 Å². The molecule has 0 unspecified atom stereocenters. The van der Waals surface area contributed by atoms with Gasteiger partial charge in [-0.15, -0.1) is 0 Å². The number of amides is 2. The van der Waals surface area contributed by atoms with Crippen LogP contribution in [-0.2, 0) is 16.0 Å². The summed E-state index contributed by atoms with van der Waals surface area (Å²) in [4.78, 5) is 28.0. The Kier molecular flexibility index (Phi) is 2.93. The summed E-state index contributed by atoms with van der Waals surface area (Å²) in [5.41, 5.74) is 1.50. The molecule has 0 spiro atoms. The van der Waals surface area contributed by atoms with E-state index in [0.717, 1.165) is 12.0 Å². The molecule has 0 N–H and O–H groups in total. The van der Waals surface area contributed by atoms with E-state index in [-0.39, 0.29) is 47.8 Å². The number of methoxy groups -OCH3 is 1. The zero-order valence-corrected chi connectivity index (χ0v) is 15.6. The fraction of sp³-hybridized carbons (Fsp3) is 0.417. The number of carbonyl (C=O) groups excluding carboxylic acids is 2. The van der Waals surface area contributed by atoms with Crippen LogP contribution in [0.25, 0.3) is 0 Å². The standard InChI is InChI=1S/C24H23NO3/c1-28-15-9-7-14(8-10-15)25-23(26)21-17-12-18(22(21)24(25)27)20-16(19(17)20)11-13-5-3-2-4-6-13/h2-10,16-22H,11-12H2,1H3/t16-,17+,18-,19-,20+,21-,22+/i11D,21D/t11-,16-,17+,18-,19-,20+,21-,22+/m1/s1. The summed E-state index contributed by atoms with van der Waals surface area (Å²) in [7, 11) is 1.57. The summed E-state index contributed by atoms with van der Waals surface area (Å²) in [5.74, 6) is -1.37. The monoisotopic (exact) mass is 375 g/mol. The van der Waals surface area contributed by atoms with Gasteiger partial charge in [0.1, 0.15) is 5.75 Å². The van der Waals surface area contributed by atoms with Crippen molar-refractivity contribution in [3.8, 4) is 5.75 Å². The summed E-state index contributed by atoms with van der Waals surface area (Å²) in [6, 6.07) is 16.7. The minimum absolute atomic E-state index is 0.0405. The maximum absolute atomic E-state index is 13.4. The molecule has 28 heavy (non-hydrogen) atoms. The van der Waals surface area contributed by atoms with Crippen molar-refractivity contribution in [2.45, 2.75) is 12.8 Å². The number of anilines is 1. The van der Waals surface area contributed by atoms with Gasteiger partial charge >= 0.3 is 0 Å². The Balaban J connectivity index is 1.31. The number of hydrogen-bond acceptors (Lipinski definition) is 3. The van der Waals surface area contributed by atoms with Crippen LogP contribution in [0.3, 0.4) is 0 Å². The molecule has 142 valence electrons. The summed E-state index contributed by atoms with van der Waals surface area (Å²) in [6.07, 6.45) is 0.423. The van der Waals surface area contributed by atoms with E-state index < -0.39 is 11.8 Å². The lowest BCUT2D eigenvalue weighted by Crippen LogP contribution is -2.33. The molecule has 0 aromatic heterocycles. The molecule has 8 atom stereocenters. The average Bonchev–Trinajstić information content (AvgIpc) is 3.20. The van der Waals surface area contributed by atoms with Crippen LogP contribution in [0.1, 0.15) is 14.7 Å². The number of benzene rings is 2. The van der Waals surface area contributed by atoms with E-state index >= 15 is 0 Å². The van der Waals surface area contributed by atoms with Gasteiger partial charge in [0.15, 0.2) is 0 Å². The molecule has 6 rings (SSSR count). The molecule has 2 aromatic rings. The largest absolute Gasteiger partial charge is 0.497 e. The molecular weight excluding hydrogens is 350 g/mol. The molecule has 4 fully saturated rings. The van der Waals surface area contributed by atoms with E-state index in [0.29, 0.717) is 11.4 Å². The third-order valence-corrected chi connectivity index (χ3v) is 7.29. The van der Waals surface area contributed by atoms with Crippen LogP contribution in [0.4, 0.5) is 5.69 Å². The number of carbonyl (C=O) groups is 2. The number of nitrogens with zero attached hydrogens (tertiary/aromatic N) is 1. The number of hydrogen-bond donors (Lipinski definition) is 0. The van der Waals surface area contributed by atoms with Crippen molar-refractivity contribution in [2.75, 3.05) is 12.0 Å². The van der Waals surface area contributed by atoms with E-state index in [9.17, 15) is 11.0 Å². The molecule has 4 heteroatoms. The molecule has 3 saturated carbocycles. The molecule has 4 nitrogen and oxygen atoms in total. The van der Waals surface area contributed by atoms with Crippen LogP contribution in [-0.4, -0.2) is 18.9 Å². The van der Waals surface area contributed by atoms with Crippen molar-refractivity contribution < 1.29 is 17.1 Å². The van der Waals surface area contributed by atoms with Crippen molar-refractivity contribution in [3.63, 3.8) is 0 Å². The molecule has 2 bridgehead atoms. The number of rotatable bonds is 4. The minimum atomic E-state index is -1.38. The van der Waals surface area contributed by atoms with E-state index in [1.54, 1.807) is 31.4 Å². The normalized spacial score (nSPS) is 42.0. The van der Waals surface area contributed by atoms with Crippen LogP contribution in [0, 0.1) is 41.4 Å². The number of fused-ring (bicyclic) bond motifs is 8. The first-order valence-electron chi connectivity index (χ1n) is 11.1. The van der Waals surface area contributed by atoms with Gasteiger partial charge in [-0.3, -0.25) is 14.5 Å². The van der Waals surface area contributed by atoms with E-state index in [4.69, 9.17) is 6.11 Å². The summed E-state index contributed by atoms with van der Waals surface area (Å²) >= 11 is 0. The van der Waals surface area contributed by atoms with Gasteiger partial charge < -0.3 is 4.74 Å². The third kappa shape index (κ3) is 2.06. The lowest BCUT2D eigenvalue weighted by atomic mass is 9.81. The molecule has 3 aliphatic carbocycles. The van der Waals surface area contributed by atoms with Crippen LogP contribution in [0.2, 0.25) is 0 Å². The zero-order chi connectivity index (χ0) is 20.8. The topological polar surface area (TPSA) is 46.6 Å². The van der Waals surface area contributed by atoms with Gasteiger partial charge in [0.2, 0.25) is 11.8 Å². The first kappa shape index (κ1) is 14.4. The van der Waals surface area contributed by atoms with Crippen LogP contribution in [0.15, 0.2) is 54.6 Å². The van der Waals surface area contributed by atoms with E-state index in [1.165, 1.54) is 4.90 Å². The second-order valence-corrected chi connectivity index (χ2v) is 8.43. The van der Waals surface area contributed by atoms with Crippen molar-refractivity contribution in [3.05, 3.63) is 60.2 Å². The zero-order valence-electron chi connectivity index (χ0n) is 17.6. The van der Waals surface area contributed by atoms with Gasteiger partial charge in [-0.1, -0.05) is 30.3 Å². The number of ether oxygens (including phenoxy) is 1. The van der Waals surface area contributed by atoms with Gasteiger partial charge in [0, 0.05) is 2.74 Å². The molecule has 1 aliphatic heterocycles. The molecular formula is C24H23NO3. The maximum atomic E-state index is 13.4. The van der Waals surface area contributed by atoms with E-state index in [2.05, 4.69) is 0 Å². The summed E-state index contributed by atoms with van der Waals surface area (Å²) < 4.78 is 23.1. The van der Waals surface area contributed by atoms with Crippen LogP contribution < -0.4 is 9.64 Å². The Hall–Kier alpha value is -2.62. The highest BCUT2D eigenvalue weighted by Gasteiger charge is 2.75. The van der Waals surface area contributed by atoms with Crippen LogP contribution >= 0.6 is 0 Å². The van der Waals surface area contributed by atoms with Gasteiger partial charge in [-0.25, -0.2) is 0 Å². The Morgan fingerprint density at radius 2 is 1.75 bits per heavy atom. The van der Waals surface area contributed by atoms with Crippen LogP contribution in [0.5, 0.6) is 5.75 Å². The van der Waals surface area contributed by atoms with Gasteiger partial charge in [0.05, 0.1) is 24.6 Å². The molecule has 2 amide bonds. The third-order valence-electron chi connectivity index (χ3n) is 7.29. The van der Waals surface area contributed by atoms with E-state index in [1.807, 2.05) is 30.3 Å². The van der Waals surface area contributed by atoms with Crippen molar-refractivity contribution in [2.24, 2.45) is 41.4 Å². The smallest absolute Gasteiger partial charge is 0.237 e. The maximum Gasteiger partial charge on any atom is 0.237 e. The minimum Gasteiger partial charge on any atom is -0.497 e. The van der Waals surface area contributed by atoms with Gasteiger partial charge in [-0.2, -0.15) is 0 Å². The van der Waals surface area contributed by atoms with Gasteiger partial charge in [0.25, 0.3) is 0 Å². The van der Waals surface area contributed by atoms with Crippen molar-refractivity contribution >= 4 is 17.5 Å². The highest BCUT2D eigenvalue weighted by atomic mass is 16.5. The first-order valence-corrected chi connectivity index (χ1v) is 9.98. The van der Waals surface area contributed by atoms with Crippen molar-refractivity contribution in [1.82, 2.24) is 0 Å². The Morgan fingerprint density at radius 3 is 2.46 bits per heavy atom. The van der Waals surface area contributed by atoms with Crippen molar-refractivity contribution in [1.29, 1.82) is 0 Å². The first-order chi connectivity index (χ1) is 14.5. The quantitative estimate of drug-likeness (QED) is 0.768. The Bertz CT molecular complexity index is 1040. The Labute approximate surface area is 167 Å². The lowest BCUT2D eigenvalue weighted by Gasteiger charge is -2.19. The molecule has 4 aliphatic rings. The predicted molar refractivity (Wildman–Crippen MR) is 105 cm³/mol. The lowest BCUT2D eigenvalue weighted by molar-refractivity contribution is -0.123. The second-order valence-electron chi connectivity index (χ2n) is 8.43. The predicted octanol–water partition coefficient (Wildman–Crippen LogP) is 3.56. The fourth-order valence-corrected chi connectivity index (χ4v) is 6.21. The second kappa shape index (κ2) is 5.69. The molecule has 0 radical (unpaired) electrons. The molecule has 1 saturated heterocycles. The molecule has 1 heterocycles. The SMILES string of the molecule is [2H][C@H](c1ccccc1)[C@H]1[C@H]2[C@H]3C[C@@H]([C@H]21)[C@@]1([2H])C(=O)N(c2ccc(OC)cc2)C(=O)[C@@H]31. The number of imide groups is 1. The highest BCUT2D eigenvalue weighted by Crippen LogP contribution is 2.74. The molecule has 2 aromatic carbocycles.